The number of rotatable bonds is 8. The Balaban J connectivity index is 1.39. The highest BCUT2D eigenvalue weighted by atomic mass is 32.2. The smallest absolute Gasteiger partial charge is 0.268 e. The van der Waals surface area contributed by atoms with Gasteiger partial charge in [0.1, 0.15) is 12.4 Å². The summed E-state index contributed by atoms with van der Waals surface area (Å²) >= 11 is 2.94. The number of hydrogen-bond donors (Lipinski definition) is 1. The monoisotopic (exact) mass is 442 g/mol. The number of nitrogens with zero attached hydrogens (tertiary/aromatic N) is 5. The maximum atomic E-state index is 6.17. The second kappa shape index (κ2) is 8.88. The van der Waals surface area contributed by atoms with Crippen molar-refractivity contribution in [2.75, 3.05) is 5.84 Å². The summed E-state index contributed by atoms with van der Waals surface area (Å²) in [6, 6.07) is 10.1. The number of ether oxygens (including phenoxy) is 1. The van der Waals surface area contributed by atoms with Crippen LogP contribution in [0.1, 0.15) is 42.5 Å². The number of nitrogens with two attached hydrogens (primary N) is 1. The predicted molar refractivity (Wildman–Crippen MR) is 117 cm³/mol. The van der Waals surface area contributed by atoms with E-state index in [9.17, 15) is 0 Å². The lowest BCUT2D eigenvalue weighted by molar-refractivity contribution is 0.287. The molecule has 8 nitrogen and oxygen atoms in total. The van der Waals surface area contributed by atoms with Crippen molar-refractivity contribution >= 4 is 23.1 Å². The van der Waals surface area contributed by atoms with Gasteiger partial charge in [-0.3, -0.25) is 0 Å². The molecule has 0 radical (unpaired) electrons. The summed E-state index contributed by atoms with van der Waals surface area (Å²) in [5.74, 6) is 9.48. The Labute approximate surface area is 182 Å². The normalized spacial score (nSPS) is 11.3. The Hall–Kier alpha value is -2.85. The number of thioether (sulfide) groups is 1. The molecule has 0 fully saturated rings. The standard InChI is InChI=1S/C20H22N6O2S2/c1-12(2)14-7-6-13(3)9-15(14)27-10-18-23-24-20(26(18)21)30-11-17-22-19(28-25-17)16-5-4-8-29-16/h4-9,12H,10-11,21H2,1-3H3. The van der Waals surface area contributed by atoms with Crippen molar-refractivity contribution in [1.82, 2.24) is 25.0 Å². The van der Waals surface area contributed by atoms with E-state index in [4.69, 9.17) is 15.1 Å². The molecule has 10 heteroatoms. The van der Waals surface area contributed by atoms with Crippen LogP contribution in [0.15, 0.2) is 45.4 Å². The molecule has 0 amide bonds. The molecule has 0 unspecified atom stereocenters. The molecule has 0 spiro atoms. The predicted octanol–water partition coefficient (Wildman–Crippen LogP) is 4.41. The Bertz CT molecular complexity index is 1120. The van der Waals surface area contributed by atoms with Crippen LogP contribution < -0.4 is 10.6 Å². The average Bonchev–Trinajstić information content (AvgIpc) is 3.46. The van der Waals surface area contributed by atoms with Crippen LogP contribution in [-0.2, 0) is 12.4 Å². The van der Waals surface area contributed by atoms with Gasteiger partial charge in [0.15, 0.2) is 11.6 Å². The van der Waals surface area contributed by atoms with E-state index in [-0.39, 0.29) is 6.61 Å². The number of aryl methyl sites for hydroxylation is 1. The first kappa shape index (κ1) is 20.4. The quantitative estimate of drug-likeness (QED) is 0.316. The SMILES string of the molecule is Cc1ccc(C(C)C)c(OCc2nnc(SCc3noc(-c4cccs4)n3)n2N)c1. The van der Waals surface area contributed by atoms with Gasteiger partial charge in [0.25, 0.3) is 5.89 Å². The van der Waals surface area contributed by atoms with Crippen LogP contribution in [-0.4, -0.2) is 25.0 Å². The van der Waals surface area contributed by atoms with Crippen molar-refractivity contribution in [3.63, 3.8) is 0 Å². The number of benzene rings is 1. The molecule has 4 rings (SSSR count). The molecule has 3 heterocycles. The van der Waals surface area contributed by atoms with Gasteiger partial charge in [0.05, 0.1) is 10.6 Å². The highest BCUT2D eigenvalue weighted by molar-refractivity contribution is 7.98. The molecule has 0 aliphatic carbocycles. The molecule has 4 aromatic rings. The third kappa shape index (κ3) is 4.49. The van der Waals surface area contributed by atoms with Gasteiger partial charge in [-0.2, -0.15) is 4.98 Å². The number of nitrogen functional groups attached to an aromatic ring is 1. The molecule has 156 valence electrons. The highest BCUT2D eigenvalue weighted by Gasteiger charge is 2.15. The van der Waals surface area contributed by atoms with Crippen LogP contribution in [0, 0.1) is 6.92 Å². The van der Waals surface area contributed by atoms with Gasteiger partial charge in [0.2, 0.25) is 5.16 Å². The van der Waals surface area contributed by atoms with Crippen LogP contribution >= 0.6 is 23.1 Å². The summed E-state index contributed by atoms with van der Waals surface area (Å²) in [5, 5.41) is 14.9. The van der Waals surface area contributed by atoms with Crippen LogP contribution in [0.2, 0.25) is 0 Å². The molecule has 0 aliphatic rings. The van der Waals surface area contributed by atoms with E-state index in [0.717, 1.165) is 21.8 Å². The molecule has 0 saturated heterocycles. The summed E-state index contributed by atoms with van der Waals surface area (Å²) in [7, 11) is 0. The topological polar surface area (TPSA) is 105 Å². The Morgan fingerprint density at radius 2 is 2.13 bits per heavy atom. The van der Waals surface area contributed by atoms with E-state index in [1.54, 1.807) is 11.3 Å². The number of aromatic nitrogens is 5. The molecule has 0 saturated carbocycles. The van der Waals surface area contributed by atoms with Crippen molar-refractivity contribution in [3.05, 3.63) is 58.5 Å². The lowest BCUT2D eigenvalue weighted by Gasteiger charge is -2.14. The number of thiophene rings is 1. The van der Waals surface area contributed by atoms with Crippen LogP contribution in [0.4, 0.5) is 0 Å². The first-order chi connectivity index (χ1) is 14.5. The minimum atomic E-state index is 0.234. The average molecular weight is 443 g/mol. The molecule has 0 bridgehead atoms. The lowest BCUT2D eigenvalue weighted by atomic mass is 10.0. The summed E-state index contributed by atoms with van der Waals surface area (Å²) < 4.78 is 12.8. The molecule has 2 N–H and O–H groups in total. The van der Waals surface area contributed by atoms with Crippen LogP contribution in [0.3, 0.4) is 0 Å². The summed E-state index contributed by atoms with van der Waals surface area (Å²) in [6.45, 7) is 6.55. The molecular weight excluding hydrogens is 420 g/mol. The molecule has 1 aromatic carbocycles. The van der Waals surface area contributed by atoms with Crippen LogP contribution in [0.5, 0.6) is 5.75 Å². The first-order valence-electron chi connectivity index (χ1n) is 9.43. The van der Waals surface area contributed by atoms with E-state index in [0.29, 0.717) is 34.4 Å². The minimum absolute atomic E-state index is 0.234. The van der Waals surface area contributed by atoms with Gasteiger partial charge in [-0.05, 0) is 41.5 Å². The van der Waals surface area contributed by atoms with E-state index in [2.05, 4.69) is 46.3 Å². The Morgan fingerprint density at radius 1 is 1.27 bits per heavy atom. The zero-order chi connectivity index (χ0) is 21.1. The number of hydrogen-bond acceptors (Lipinski definition) is 9. The molecule has 30 heavy (non-hydrogen) atoms. The van der Waals surface area contributed by atoms with Crippen molar-refractivity contribution in [1.29, 1.82) is 0 Å². The fourth-order valence-corrected chi connectivity index (χ4v) is 4.20. The van der Waals surface area contributed by atoms with E-state index in [1.165, 1.54) is 16.4 Å². The van der Waals surface area contributed by atoms with Gasteiger partial charge >= 0.3 is 0 Å². The van der Waals surface area contributed by atoms with Gasteiger partial charge in [-0.1, -0.05) is 49.0 Å². The van der Waals surface area contributed by atoms with E-state index >= 15 is 0 Å². The second-order valence-corrected chi connectivity index (χ2v) is 8.93. The van der Waals surface area contributed by atoms with E-state index in [1.807, 2.05) is 30.5 Å². The minimum Gasteiger partial charge on any atom is -0.485 e. The zero-order valence-electron chi connectivity index (χ0n) is 16.9. The van der Waals surface area contributed by atoms with Gasteiger partial charge in [0, 0.05) is 0 Å². The van der Waals surface area contributed by atoms with Crippen molar-refractivity contribution in [3.8, 4) is 16.5 Å². The largest absolute Gasteiger partial charge is 0.485 e. The Morgan fingerprint density at radius 3 is 2.90 bits per heavy atom. The van der Waals surface area contributed by atoms with Gasteiger partial charge < -0.3 is 15.1 Å². The third-order valence-corrected chi connectivity index (χ3v) is 6.21. The molecule has 0 atom stereocenters. The van der Waals surface area contributed by atoms with Crippen LogP contribution in [0.25, 0.3) is 10.8 Å². The Kier molecular flexibility index (Phi) is 6.05. The maximum absolute atomic E-state index is 6.17. The molecular formula is C20H22N6O2S2. The van der Waals surface area contributed by atoms with Crippen molar-refractivity contribution < 1.29 is 9.26 Å². The fraction of sp³-hybridized carbons (Fsp3) is 0.300. The summed E-state index contributed by atoms with van der Waals surface area (Å²) in [6.07, 6.45) is 0. The maximum Gasteiger partial charge on any atom is 0.268 e. The second-order valence-electron chi connectivity index (χ2n) is 7.04. The fourth-order valence-electron chi connectivity index (χ4n) is 2.83. The first-order valence-corrected chi connectivity index (χ1v) is 11.3. The molecule has 0 aliphatic heterocycles. The van der Waals surface area contributed by atoms with Gasteiger partial charge in [-0.15, -0.1) is 21.5 Å². The summed E-state index contributed by atoms with van der Waals surface area (Å²) in [5.41, 5.74) is 2.29. The highest BCUT2D eigenvalue weighted by Crippen LogP contribution is 2.29. The van der Waals surface area contributed by atoms with E-state index < -0.39 is 0 Å². The van der Waals surface area contributed by atoms with Crippen molar-refractivity contribution in [2.45, 2.75) is 44.2 Å². The lowest BCUT2D eigenvalue weighted by Crippen LogP contribution is -2.16. The molecule has 3 aromatic heterocycles. The third-order valence-electron chi connectivity index (χ3n) is 4.41. The van der Waals surface area contributed by atoms with Crippen molar-refractivity contribution in [2.24, 2.45) is 0 Å². The summed E-state index contributed by atoms with van der Waals surface area (Å²) in [4.78, 5) is 5.35. The van der Waals surface area contributed by atoms with Gasteiger partial charge in [-0.25, -0.2) is 4.68 Å². The zero-order valence-corrected chi connectivity index (χ0v) is 18.5.